The third kappa shape index (κ3) is 2.38. The van der Waals surface area contributed by atoms with Crippen LogP contribution in [0, 0.1) is 17.6 Å². The molecule has 0 radical (unpaired) electrons. The van der Waals surface area contributed by atoms with E-state index in [1.807, 2.05) is 18.2 Å². The quantitative estimate of drug-likeness (QED) is 0.738. The highest BCUT2D eigenvalue weighted by Gasteiger charge is 2.17. The van der Waals surface area contributed by atoms with Crippen molar-refractivity contribution >= 4 is 17.3 Å². The molecule has 1 heterocycles. The van der Waals surface area contributed by atoms with E-state index < -0.39 is 11.6 Å². The van der Waals surface area contributed by atoms with Gasteiger partial charge in [-0.2, -0.15) is 0 Å². The van der Waals surface area contributed by atoms with Gasteiger partial charge in [-0.3, -0.25) is 0 Å². The number of anilines is 1. The fraction of sp³-hybridized carbons (Fsp3) is 0.250. The lowest BCUT2D eigenvalue weighted by Gasteiger charge is -2.24. The van der Waals surface area contributed by atoms with Crippen molar-refractivity contribution in [3.05, 3.63) is 52.6 Å². The second kappa shape index (κ2) is 5.06. The molecule has 0 spiro atoms. The van der Waals surface area contributed by atoms with Crippen molar-refractivity contribution in [2.75, 3.05) is 11.9 Å². The van der Waals surface area contributed by atoms with E-state index in [0.29, 0.717) is 17.0 Å². The molecule has 1 aliphatic rings. The van der Waals surface area contributed by atoms with Gasteiger partial charge in [0, 0.05) is 23.9 Å². The van der Waals surface area contributed by atoms with Gasteiger partial charge in [0.15, 0.2) is 0 Å². The number of nitrogens with one attached hydrogen (secondary N) is 1. The minimum Gasteiger partial charge on any atom is -0.385 e. The largest absolute Gasteiger partial charge is 0.385 e. The molecule has 0 fully saturated rings. The summed E-state index contributed by atoms with van der Waals surface area (Å²) in [6.07, 6.45) is 1.01. The summed E-state index contributed by atoms with van der Waals surface area (Å²) in [4.78, 5) is 0. The molecule has 0 saturated carbocycles. The molecule has 2 aromatic carbocycles. The second-order valence-corrected chi connectivity index (χ2v) is 5.69. The van der Waals surface area contributed by atoms with Crippen LogP contribution in [-0.4, -0.2) is 6.54 Å². The smallest absolute Gasteiger partial charge is 0.145 e. The van der Waals surface area contributed by atoms with Crippen LogP contribution >= 0.6 is 11.6 Å². The summed E-state index contributed by atoms with van der Waals surface area (Å²) in [6.45, 7) is 3.09. The first-order valence-electron chi connectivity index (χ1n) is 6.56. The van der Waals surface area contributed by atoms with E-state index in [9.17, 15) is 8.78 Å². The Labute approximate surface area is 121 Å². The normalized spacial score (nSPS) is 17.5. The maximum Gasteiger partial charge on any atom is 0.145 e. The summed E-state index contributed by atoms with van der Waals surface area (Å²) in [6, 6.07) is 7.81. The first kappa shape index (κ1) is 13.4. The zero-order valence-corrected chi connectivity index (χ0v) is 11.8. The van der Waals surface area contributed by atoms with E-state index in [0.717, 1.165) is 24.7 Å². The van der Waals surface area contributed by atoms with Gasteiger partial charge in [-0.15, -0.1) is 0 Å². The Balaban J connectivity index is 2.08. The minimum atomic E-state index is -0.735. The highest BCUT2D eigenvalue weighted by atomic mass is 35.5. The van der Waals surface area contributed by atoms with Crippen LogP contribution in [0.15, 0.2) is 30.3 Å². The Hall–Kier alpha value is -1.61. The molecule has 0 amide bonds. The summed E-state index contributed by atoms with van der Waals surface area (Å²) in [7, 11) is 0. The van der Waals surface area contributed by atoms with Crippen LogP contribution in [0.2, 0.25) is 5.02 Å². The van der Waals surface area contributed by atoms with Gasteiger partial charge < -0.3 is 5.32 Å². The van der Waals surface area contributed by atoms with Crippen molar-refractivity contribution < 1.29 is 8.78 Å². The molecule has 2 aromatic rings. The molecule has 1 atom stereocenters. The summed E-state index contributed by atoms with van der Waals surface area (Å²) >= 11 is 5.94. The lowest BCUT2D eigenvalue weighted by molar-refractivity contribution is 0.584. The van der Waals surface area contributed by atoms with E-state index in [4.69, 9.17) is 11.6 Å². The number of benzene rings is 2. The van der Waals surface area contributed by atoms with Crippen molar-refractivity contribution in [3.63, 3.8) is 0 Å². The molecule has 1 aliphatic heterocycles. The molecule has 0 saturated heterocycles. The molecule has 0 aliphatic carbocycles. The molecule has 0 aromatic heterocycles. The lowest BCUT2D eigenvalue weighted by Crippen LogP contribution is -2.20. The average Bonchev–Trinajstić information content (AvgIpc) is 2.42. The van der Waals surface area contributed by atoms with Crippen molar-refractivity contribution in [3.8, 4) is 11.1 Å². The van der Waals surface area contributed by atoms with Crippen LogP contribution in [0.25, 0.3) is 11.1 Å². The SMILES string of the molecule is C[C@H]1CNc2cc(-c3cc(F)cc(F)c3Cl)ccc2C1. The van der Waals surface area contributed by atoms with Crippen molar-refractivity contribution in [1.29, 1.82) is 0 Å². The highest BCUT2D eigenvalue weighted by Crippen LogP contribution is 2.35. The number of hydrogen-bond donors (Lipinski definition) is 1. The fourth-order valence-corrected chi connectivity index (χ4v) is 2.80. The first-order valence-corrected chi connectivity index (χ1v) is 6.94. The van der Waals surface area contributed by atoms with E-state index in [2.05, 4.69) is 12.2 Å². The number of halogens is 3. The molecule has 1 N–H and O–H groups in total. The van der Waals surface area contributed by atoms with Crippen LogP contribution in [0.4, 0.5) is 14.5 Å². The Bertz CT molecular complexity index is 670. The Morgan fingerprint density at radius 1 is 1.20 bits per heavy atom. The predicted octanol–water partition coefficient (Wildman–Crippen LogP) is 4.89. The summed E-state index contributed by atoms with van der Waals surface area (Å²) in [5, 5.41) is 3.29. The minimum absolute atomic E-state index is 0.0458. The molecule has 0 unspecified atom stereocenters. The third-order valence-corrected chi connectivity index (χ3v) is 4.01. The molecule has 4 heteroatoms. The molecule has 1 nitrogen and oxygen atoms in total. The van der Waals surface area contributed by atoms with Crippen LogP contribution in [0.3, 0.4) is 0 Å². The van der Waals surface area contributed by atoms with Crippen molar-refractivity contribution in [2.24, 2.45) is 5.92 Å². The van der Waals surface area contributed by atoms with Crippen LogP contribution in [0.1, 0.15) is 12.5 Å². The van der Waals surface area contributed by atoms with E-state index >= 15 is 0 Å². The average molecular weight is 294 g/mol. The standard InChI is InChI=1S/C16H14ClF2N/c1-9-4-11-3-2-10(5-15(11)20-8-9)13-6-12(18)7-14(19)16(13)17/h2-3,5-7,9,20H,4,8H2,1H3/t9-/m1/s1. The van der Waals surface area contributed by atoms with Crippen LogP contribution in [0.5, 0.6) is 0 Å². The monoisotopic (exact) mass is 293 g/mol. The maximum absolute atomic E-state index is 13.5. The third-order valence-electron chi connectivity index (χ3n) is 3.62. The molecular formula is C16H14ClF2N. The van der Waals surface area contributed by atoms with Gasteiger partial charge in [0.2, 0.25) is 0 Å². The van der Waals surface area contributed by atoms with Crippen molar-refractivity contribution in [2.45, 2.75) is 13.3 Å². The lowest BCUT2D eigenvalue weighted by atomic mass is 9.93. The first-order chi connectivity index (χ1) is 9.54. The van der Waals surface area contributed by atoms with E-state index in [-0.39, 0.29) is 5.02 Å². The van der Waals surface area contributed by atoms with Crippen molar-refractivity contribution in [1.82, 2.24) is 0 Å². The molecular weight excluding hydrogens is 280 g/mol. The molecule has 3 rings (SSSR count). The maximum atomic E-state index is 13.5. The molecule has 20 heavy (non-hydrogen) atoms. The van der Waals surface area contributed by atoms with Gasteiger partial charge in [-0.05, 0) is 35.6 Å². The zero-order valence-electron chi connectivity index (χ0n) is 11.0. The number of fused-ring (bicyclic) bond motifs is 1. The van der Waals surface area contributed by atoms with Gasteiger partial charge in [0.05, 0.1) is 5.02 Å². The van der Waals surface area contributed by atoms with E-state index in [1.54, 1.807) is 0 Å². The topological polar surface area (TPSA) is 12.0 Å². The van der Waals surface area contributed by atoms with E-state index in [1.165, 1.54) is 11.6 Å². The summed E-state index contributed by atoms with van der Waals surface area (Å²) < 4.78 is 26.9. The number of hydrogen-bond acceptors (Lipinski definition) is 1. The van der Waals surface area contributed by atoms with Gasteiger partial charge >= 0.3 is 0 Å². The summed E-state index contributed by atoms with van der Waals surface area (Å²) in [5.41, 5.74) is 3.34. The molecule has 0 bridgehead atoms. The fourth-order valence-electron chi connectivity index (χ4n) is 2.58. The Morgan fingerprint density at radius 3 is 2.80 bits per heavy atom. The summed E-state index contributed by atoms with van der Waals surface area (Å²) in [5.74, 6) is -0.772. The number of rotatable bonds is 1. The Morgan fingerprint density at radius 2 is 2.00 bits per heavy atom. The van der Waals surface area contributed by atoms with Crippen LogP contribution < -0.4 is 5.32 Å². The predicted molar refractivity (Wildman–Crippen MR) is 78.2 cm³/mol. The van der Waals surface area contributed by atoms with Gasteiger partial charge in [-0.25, -0.2) is 8.78 Å². The van der Waals surface area contributed by atoms with Gasteiger partial charge in [-0.1, -0.05) is 30.7 Å². The zero-order chi connectivity index (χ0) is 14.3. The second-order valence-electron chi connectivity index (χ2n) is 5.31. The van der Waals surface area contributed by atoms with Gasteiger partial charge in [0.1, 0.15) is 11.6 Å². The van der Waals surface area contributed by atoms with Crippen LogP contribution in [-0.2, 0) is 6.42 Å². The Kier molecular flexibility index (Phi) is 3.38. The van der Waals surface area contributed by atoms with Gasteiger partial charge in [0.25, 0.3) is 0 Å². The molecule has 104 valence electrons. The highest BCUT2D eigenvalue weighted by molar-refractivity contribution is 6.33.